The lowest BCUT2D eigenvalue weighted by Crippen LogP contribution is -2.57. The van der Waals surface area contributed by atoms with E-state index in [1.807, 2.05) is 6.07 Å². The number of carbonyl (C=O) groups is 2. The highest BCUT2D eigenvalue weighted by atomic mass is 35.5. The third-order valence-corrected chi connectivity index (χ3v) is 5.65. The van der Waals surface area contributed by atoms with Gasteiger partial charge in [0, 0.05) is 18.0 Å². The van der Waals surface area contributed by atoms with Gasteiger partial charge in [-0.2, -0.15) is 13.2 Å². The number of halogens is 4. The van der Waals surface area contributed by atoms with E-state index in [1.54, 1.807) is 24.3 Å². The van der Waals surface area contributed by atoms with Gasteiger partial charge in [-0.1, -0.05) is 36.4 Å². The largest absolute Gasteiger partial charge is 0.476 e. The van der Waals surface area contributed by atoms with Gasteiger partial charge in [-0.05, 0) is 44.0 Å². The van der Waals surface area contributed by atoms with Crippen molar-refractivity contribution in [3.05, 3.63) is 71.5 Å². The summed E-state index contributed by atoms with van der Waals surface area (Å²) in [6.45, 7) is 2.86. The van der Waals surface area contributed by atoms with Crippen molar-refractivity contribution in [3.8, 4) is 0 Å². The molecule has 0 aromatic heterocycles. The first kappa shape index (κ1) is 24.6. The molecular weight excluding hydrogens is 457 g/mol. The number of benzene rings is 2. The van der Waals surface area contributed by atoms with Gasteiger partial charge in [0.1, 0.15) is 11.3 Å². The number of carbonyl (C=O) groups excluding carboxylic acids is 2. The average molecular weight is 481 g/mol. The molecule has 33 heavy (non-hydrogen) atoms. The van der Waals surface area contributed by atoms with Crippen LogP contribution in [-0.2, 0) is 20.5 Å². The summed E-state index contributed by atoms with van der Waals surface area (Å²) in [6, 6.07) is 13.3. The molecule has 1 aliphatic heterocycles. The zero-order valence-corrected chi connectivity index (χ0v) is 19.0. The number of rotatable bonds is 7. The monoisotopic (exact) mass is 480 g/mol. The summed E-state index contributed by atoms with van der Waals surface area (Å²) in [5, 5.41) is 2.49. The molecule has 3 rings (SSSR count). The summed E-state index contributed by atoms with van der Waals surface area (Å²) in [5.41, 5.74) is -1.33. The second-order valence-electron chi connectivity index (χ2n) is 8.06. The lowest BCUT2D eigenvalue weighted by Gasteiger charge is -2.40. The molecule has 0 unspecified atom stereocenters. The number of ether oxygens (including phenoxy) is 1. The third-order valence-electron chi connectivity index (χ3n) is 5.38. The number of nitrogens with zero attached hydrogens (tertiary/aromatic N) is 1. The molecule has 176 valence electrons. The molecule has 1 N–H and O–H groups in total. The molecule has 0 bridgehead atoms. The molecule has 2 aromatic carbocycles. The van der Waals surface area contributed by atoms with Crippen molar-refractivity contribution in [1.29, 1.82) is 0 Å². The van der Waals surface area contributed by atoms with E-state index in [-0.39, 0.29) is 12.4 Å². The van der Waals surface area contributed by atoms with Crippen LogP contribution in [0.2, 0.25) is 0 Å². The molecule has 1 heterocycles. The maximum Gasteiger partial charge on any atom is 0.416 e. The van der Waals surface area contributed by atoms with Gasteiger partial charge in [0.25, 0.3) is 5.91 Å². The highest BCUT2D eigenvalue weighted by Gasteiger charge is 2.43. The van der Waals surface area contributed by atoms with Gasteiger partial charge in [-0.3, -0.25) is 14.5 Å². The highest BCUT2D eigenvalue weighted by molar-refractivity contribution is 6.22. The highest BCUT2D eigenvalue weighted by Crippen LogP contribution is 2.34. The normalized spacial score (nSPS) is 14.8. The van der Waals surface area contributed by atoms with Crippen molar-refractivity contribution in [2.75, 3.05) is 17.9 Å². The van der Waals surface area contributed by atoms with E-state index in [0.29, 0.717) is 35.6 Å². The molecule has 0 aliphatic carbocycles. The van der Waals surface area contributed by atoms with Crippen LogP contribution in [0.5, 0.6) is 0 Å². The van der Waals surface area contributed by atoms with Gasteiger partial charge < -0.3 is 10.1 Å². The fourth-order valence-electron chi connectivity index (χ4n) is 3.44. The number of anilines is 1. The Morgan fingerprint density at radius 3 is 2.45 bits per heavy atom. The van der Waals surface area contributed by atoms with Crippen LogP contribution in [-0.4, -0.2) is 34.9 Å². The summed E-state index contributed by atoms with van der Waals surface area (Å²) >= 11 is 5.81. The Morgan fingerprint density at radius 1 is 1.12 bits per heavy atom. The maximum atomic E-state index is 13.5. The SMILES string of the molecule is CC(C)(C(=O)Nc1cccc(C(F)(F)F)c1)N1COC(CCCCl)=C(c2ccccc2)C1=O. The van der Waals surface area contributed by atoms with Gasteiger partial charge in [-0.15, -0.1) is 11.6 Å². The van der Waals surface area contributed by atoms with Crippen LogP contribution in [0.4, 0.5) is 18.9 Å². The van der Waals surface area contributed by atoms with Gasteiger partial charge in [-0.25, -0.2) is 0 Å². The molecule has 9 heteroatoms. The molecule has 2 amide bonds. The van der Waals surface area contributed by atoms with E-state index in [1.165, 1.54) is 30.9 Å². The second-order valence-corrected chi connectivity index (χ2v) is 8.43. The van der Waals surface area contributed by atoms with Crippen LogP contribution < -0.4 is 5.32 Å². The molecule has 1 aliphatic rings. The smallest absolute Gasteiger partial charge is 0.416 e. The summed E-state index contributed by atoms with van der Waals surface area (Å²) in [6.07, 6.45) is -3.47. The van der Waals surface area contributed by atoms with Crippen LogP contribution in [0.3, 0.4) is 0 Å². The Labute approximate surface area is 195 Å². The minimum absolute atomic E-state index is 0.0186. The Morgan fingerprint density at radius 2 is 1.82 bits per heavy atom. The maximum absolute atomic E-state index is 13.5. The fourth-order valence-corrected chi connectivity index (χ4v) is 3.57. The van der Waals surface area contributed by atoms with E-state index in [4.69, 9.17) is 16.3 Å². The van der Waals surface area contributed by atoms with Crippen molar-refractivity contribution >= 4 is 34.7 Å². The molecule has 0 spiro atoms. The molecule has 0 atom stereocenters. The summed E-state index contributed by atoms with van der Waals surface area (Å²) < 4.78 is 44.9. The van der Waals surface area contributed by atoms with Gasteiger partial charge >= 0.3 is 6.18 Å². The lowest BCUT2D eigenvalue weighted by atomic mass is 9.95. The van der Waals surface area contributed by atoms with Gasteiger partial charge in [0.15, 0.2) is 6.73 Å². The van der Waals surface area contributed by atoms with Crippen LogP contribution >= 0.6 is 11.6 Å². The van der Waals surface area contributed by atoms with E-state index in [2.05, 4.69) is 5.32 Å². The minimum atomic E-state index is -4.54. The van der Waals surface area contributed by atoms with Crippen LogP contribution in [0.15, 0.2) is 60.4 Å². The molecule has 0 radical (unpaired) electrons. The molecule has 5 nitrogen and oxygen atoms in total. The van der Waals surface area contributed by atoms with Crippen LogP contribution in [0.1, 0.15) is 37.8 Å². The Kier molecular flexibility index (Phi) is 7.37. The first-order valence-corrected chi connectivity index (χ1v) is 10.9. The standard InChI is InChI=1S/C24H24ClF3N2O3/c1-23(2,22(32)29-18-11-6-10-17(14-18)24(26,27)28)30-15-33-19(12-7-13-25)20(21(30)31)16-8-4-3-5-9-16/h3-6,8-11,14H,7,12-13,15H2,1-2H3,(H,29,32). The number of hydrogen-bond acceptors (Lipinski definition) is 3. The van der Waals surface area contributed by atoms with Crippen molar-refractivity contribution < 1.29 is 27.5 Å². The fraction of sp³-hybridized carbons (Fsp3) is 0.333. The molecule has 2 aromatic rings. The summed E-state index contributed by atoms with van der Waals surface area (Å²) in [5.74, 6) is -0.147. The zero-order valence-electron chi connectivity index (χ0n) is 18.2. The number of allylic oxidation sites excluding steroid dienone is 1. The second kappa shape index (κ2) is 9.87. The Bertz CT molecular complexity index is 1050. The predicted molar refractivity (Wildman–Crippen MR) is 120 cm³/mol. The van der Waals surface area contributed by atoms with Crippen LogP contribution in [0.25, 0.3) is 5.57 Å². The molecular formula is C24H24ClF3N2O3. The van der Waals surface area contributed by atoms with E-state index < -0.39 is 29.1 Å². The minimum Gasteiger partial charge on any atom is -0.476 e. The number of hydrogen-bond donors (Lipinski definition) is 1. The lowest BCUT2D eigenvalue weighted by molar-refractivity contribution is -0.147. The summed E-state index contributed by atoms with van der Waals surface area (Å²) in [4.78, 5) is 27.8. The first-order chi connectivity index (χ1) is 15.6. The molecule has 0 saturated carbocycles. The van der Waals surface area contributed by atoms with E-state index >= 15 is 0 Å². The van der Waals surface area contributed by atoms with Crippen molar-refractivity contribution in [1.82, 2.24) is 4.90 Å². The van der Waals surface area contributed by atoms with Gasteiger partial charge in [0.2, 0.25) is 5.91 Å². The van der Waals surface area contributed by atoms with E-state index in [9.17, 15) is 22.8 Å². The Balaban J connectivity index is 1.88. The average Bonchev–Trinajstić information content (AvgIpc) is 2.77. The molecule has 0 saturated heterocycles. The van der Waals surface area contributed by atoms with Crippen molar-refractivity contribution in [3.63, 3.8) is 0 Å². The number of nitrogens with one attached hydrogen (secondary N) is 1. The topological polar surface area (TPSA) is 58.6 Å². The van der Waals surface area contributed by atoms with Crippen molar-refractivity contribution in [2.45, 2.75) is 38.4 Å². The summed E-state index contributed by atoms with van der Waals surface area (Å²) in [7, 11) is 0. The van der Waals surface area contributed by atoms with E-state index in [0.717, 1.165) is 12.1 Å². The number of amides is 2. The quantitative estimate of drug-likeness (QED) is 0.519. The zero-order chi connectivity index (χ0) is 24.2. The predicted octanol–water partition coefficient (Wildman–Crippen LogP) is 5.67. The van der Waals surface area contributed by atoms with Crippen molar-refractivity contribution in [2.24, 2.45) is 0 Å². The van der Waals surface area contributed by atoms with Crippen LogP contribution in [0, 0.1) is 0 Å². The third kappa shape index (κ3) is 5.50. The Hall–Kier alpha value is -3.00. The first-order valence-electron chi connectivity index (χ1n) is 10.3. The van der Waals surface area contributed by atoms with Gasteiger partial charge in [0.05, 0.1) is 11.1 Å². The molecule has 0 fully saturated rings. The number of alkyl halides is 4.